The molecule has 1 aromatic rings. The first kappa shape index (κ1) is 16.4. The number of hydrogen-bond acceptors (Lipinski definition) is 3. The molecule has 0 spiro atoms. The molecule has 3 heteroatoms. The lowest BCUT2D eigenvalue weighted by Gasteiger charge is -2.18. The van der Waals surface area contributed by atoms with Gasteiger partial charge in [-0.1, -0.05) is 24.3 Å². The van der Waals surface area contributed by atoms with E-state index in [0.717, 1.165) is 6.42 Å². The lowest BCUT2D eigenvalue weighted by Crippen LogP contribution is -2.34. The summed E-state index contributed by atoms with van der Waals surface area (Å²) in [5.74, 6) is -0.155. The van der Waals surface area contributed by atoms with Crippen LogP contribution in [0.3, 0.4) is 0 Å². The van der Waals surface area contributed by atoms with Crippen molar-refractivity contribution in [3.63, 3.8) is 0 Å². The van der Waals surface area contributed by atoms with Crippen molar-refractivity contribution in [2.75, 3.05) is 13.2 Å². The highest BCUT2D eigenvalue weighted by atomic mass is 16.5. The van der Waals surface area contributed by atoms with Crippen LogP contribution in [0.1, 0.15) is 30.0 Å². The molecule has 20 heavy (non-hydrogen) atoms. The molecule has 0 bridgehead atoms. The van der Waals surface area contributed by atoms with Crippen LogP contribution in [-0.4, -0.2) is 25.2 Å². The first-order valence-electron chi connectivity index (χ1n) is 7.12. The Labute approximate surface area is 122 Å². The molecular weight excluding hydrogens is 250 g/mol. The van der Waals surface area contributed by atoms with E-state index in [2.05, 4.69) is 43.9 Å². The molecule has 0 heterocycles. The monoisotopic (exact) mass is 275 g/mol. The van der Waals surface area contributed by atoms with Crippen LogP contribution in [0.5, 0.6) is 0 Å². The molecule has 0 fully saturated rings. The molecule has 110 valence electrons. The molecule has 0 aromatic heterocycles. The molecule has 0 radical (unpaired) electrons. The van der Waals surface area contributed by atoms with Gasteiger partial charge in [0.1, 0.15) is 0 Å². The quantitative estimate of drug-likeness (QED) is 0.585. The first-order chi connectivity index (χ1) is 9.56. The first-order valence-corrected chi connectivity index (χ1v) is 7.12. The Balaban J connectivity index is 2.69. The number of nitrogens with one attached hydrogen (secondary N) is 1. The van der Waals surface area contributed by atoms with Gasteiger partial charge in [-0.05, 0) is 43.9 Å². The lowest BCUT2D eigenvalue weighted by molar-refractivity contribution is -0.143. The predicted octanol–water partition coefficient (Wildman–Crippen LogP) is 2.94. The van der Waals surface area contributed by atoms with Crippen LogP contribution in [0, 0.1) is 13.8 Å². The van der Waals surface area contributed by atoms with Gasteiger partial charge in [0.05, 0.1) is 13.0 Å². The molecule has 3 nitrogen and oxygen atoms in total. The van der Waals surface area contributed by atoms with Crippen molar-refractivity contribution in [1.29, 1.82) is 0 Å². The maximum Gasteiger partial charge on any atom is 0.307 e. The number of carbonyl (C=O) groups excluding carboxylic acids is 1. The molecule has 0 aliphatic rings. The summed E-state index contributed by atoms with van der Waals surface area (Å²) >= 11 is 0. The molecule has 1 unspecified atom stereocenters. The zero-order chi connectivity index (χ0) is 15.0. The lowest BCUT2D eigenvalue weighted by atomic mass is 9.99. The fourth-order valence-electron chi connectivity index (χ4n) is 2.10. The van der Waals surface area contributed by atoms with Crippen molar-refractivity contribution in [1.82, 2.24) is 5.32 Å². The number of esters is 1. The van der Waals surface area contributed by atoms with Gasteiger partial charge in [0.25, 0.3) is 0 Å². The van der Waals surface area contributed by atoms with Gasteiger partial charge in [-0.15, -0.1) is 6.58 Å². The number of rotatable bonds is 8. The zero-order valence-electron chi connectivity index (χ0n) is 12.7. The third-order valence-electron chi connectivity index (χ3n) is 3.32. The van der Waals surface area contributed by atoms with E-state index in [4.69, 9.17) is 4.74 Å². The zero-order valence-corrected chi connectivity index (χ0v) is 12.7. The fourth-order valence-corrected chi connectivity index (χ4v) is 2.10. The molecule has 0 aliphatic heterocycles. The SMILES string of the molecule is C=CCNC(CC(=O)OCC)Cc1ccc(C)c(C)c1. The highest BCUT2D eigenvalue weighted by Crippen LogP contribution is 2.13. The Hall–Kier alpha value is -1.61. The maximum atomic E-state index is 11.6. The smallest absolute Gasteiger partial charge is 0.307 e. The molecule has 1 rings (SSSR count). The minimum Gasteiger partial charge on any atom is -0.466 e. The van der Waals surface area contributed by atoms with Crippen LogP contribution in [0.2, 0.25) is 0 Å². The molecular formula is C17H25NO2. The second kappa shape index (κ2) is 8.54. The van der Waals surface area contributed by atoms with Crippen molar-refractivity contribution in [2.45, 2.75) is 39.7 Å². The summed E-state index contributed by atoms with van der Waals surface area (Å²) < 4.78 is 5.03. The van der Waals surface area contributed by atoms with Crippen LogP contribution in [-0.2, 0) is 16.0 Å². The van der Waals surface area contributed by atoms with Crippen molar-refractivity contribution in [2.24, 2.45) is 0 Å². The highest BCUT2D eigenvalue weighted by Gasteiger charge is 2.14. The number of aryl methyl sites for hydroxylation is 2. The topological polar surface area (TPSA) is 38.3 Å². The average molecular weight is 275 g/mol. The van der Waals surface area contributed by atoms with Crippen LogP contribution >= 0.6 is 0 Å². The second-order valence-corrected chi connectivity index (χ2v) is 5.03. The second-order valence-electron chi connectivity index (χ2n) is 5.03. The predicted molar refractivity (Wildman–Crippen MR) is 82.9 cm³/mol. The summed E-state index contributed by atoms with van der Waals surface area (Å²) in [7, 11) is 0. The van der Waals surface area contributed by atoms with Crippen LogP contribution in [0.25, 0.3) is 0 Å². The van der Waals surface area contributed by atoms with Gasteiger partial charge in [-0.25, -0.2) is 0 Å². The molecule has 0 aliphatic carbocycles. The van der Waals surface area contributed by atoms with Crippen molar-refractivity contribution in [3.8, 4) is 0 Å². The Morgan fingerprint density at radius 1 is 1.40 bits per heavy atom. The van der Waals surface area contributed by atoms with Gasteiger partial charge in [0, 0.05) is 12.6 Å². The third kappa shape index (κ3) is 5.57. The summed E-state index contributed by atoms with van der Waals surface area (Å²) in [6.45, 7) is 10.9. The van der Waals surface area contributed by atoms with E-state index in [0.29, 0.717) is 19.6 Å². The Morgan fingerprint density at radius 2 is 2.15 bits per heavy atom. The molecule has 0 amide bonds. The molecule has 0 saturated carbocycles. The van der Waals surface area contributed by atoms with E-state index in [-0.39, 0.29) is 12.0 Å². The van der Waals surface area contributed by atoms with Crippen LogP contribution in [0.15, 0.2) is 30.9 Å². The number of ether oxygens (including phenoxy) is 1. The number of carbonyl (C=O) groups is 1. The Bertz CT molecular complexity index is 454. The van der Waals surface area contributed by atoms with E-state index in [1.807, 2.05) is 6.92 Å². The van der Waals surface area contributed by atoms with Gasteiger partial charge in [0.2, 0.25) is 0 Å². The summed E-state index contributed by atoms with van der Waals surface area (Å²) in [6.07, 6.45) is 3.00. The normalized spacial score (nSPS) is 11.9. The van der Waals surface area contributed by atoms with Crippen LogP contribution < -0.4 is 5.32 Å². The molecule has 0 saturated heterocycles. The van der Waals surface area contributed by atoms with Crippen molar-refractivity contribution >= 4 is 5.97 Å². The van der Waals surface area contributed by atoms with Gasteiger partial charge in [0.15, 0.2) is 0 Å². The summed E-state index contributed by atoms with van der Waals surface area (Å²) in [4.78, 5) is 11.6. The molecule has 1 aromatic carbocycles. The molecule has 1 atom stereocenters. The van der Waals surface area contributed by atoms with Gasteiger partial charge < -0.3 is 10.1 Å². The number of hydrogen-bond donors (Lipinski definition) is 1. The van der Waals surface area contributed by atoms with E-state index < -0.39 is 0 Å². The van der Waals surface area contributed by atoms with E-state index in [9.17, 15) is 4.79 Å². The van der Waals surface area contributed by atoms with E-state index in [1.165, 1.54) is 16.7 Å². The summed E-state index contributed by atoms with van der Waals surface area (Å²) in [5.41, 5.74) is 3.80. The summed E-state index contributed by atoms with van der Waals surface area (Å²) in [5, 5.41) is 3.32. The minimum atomic E-state index is -0.155. The highest BCUT2D eigenvalue weighted by molar-refractivity contribution is 5.70. The van der Waals surface area contributed by atoms with E-state index in [1.54, 1.807) is 6.08 Å². The Kier molecular flexibility index (Phi) is 7.02. The average Bonchev–Trinajstić information content (AvgIpc) is 2.40. The van der Waals surface area contributed by atoms with Gasteiger partial charge >= 0.3 is 5.97 Å². The summed E-state index contributed by atoms with van der Waals surface area (Å²) in [6, 6.07) is 6.51. The number of benzene rings is 1. The van der Waals surface area contributed by atoms with Gasteiger partial charge in [-0.3, -0.25) is 4.79 Å². The third-order valence-corrected chi connectivity index (χ3v) is 3.32. The minimum absolute atomic E-state index is 0.0779. The largest absolute Gasteiger partial charge is 0.466 e. The standard InChI is InChI=1S/C17H25NO2/c1-5-9-18-16(12-17(19)20-6-2)11-15-8-7-13(3)14(4)10-15/h5,7-8,10,16,18H,1,6,9,11-12H2,2-4H3. The van der Waals surface area contributed by atoms with E-state index >= 15 is 0 Å². The van der Waals surface area contributed by atoms with Crippen molar-refractivity contribution < 1.29 is 9.53 Å². The maximum absolute atomic E-state index is 11.6. The van der Waals surface area contributed by atoms with Crippen molar-refractivity contribution in [3.05, 3.63) is 47.5 Å². The van der Waals surface area contributed by atoms with Gasteiger partial charge in [-0.2, -0.15) is 0 Å². The fraction of sp³-hybridized carbons (Fsp3) is 0.471. The van der Waals surface area contributed by atoms with Crippen LogP contribution in [0.4, 0.5) is 0 Å². The Morgan fingerprint density at radius 3 is 2.75 bits per heavy atom. The molecule has 1 N–H and O–H groups in total.